The molecular formula is C18H25Br2NO4. The highest BCUT2D eigenvalue weighted by atomic mass is 79.9. The summed E-state index contributed by atoms with van der Waals surface area (Å²) in [6.07, 6.45) is -0.376. The van der Waals surface area contributed by atoms with E-state index in [1.165, 1.54) is 0 Å². The lowest BCUT2D eigenvalue weighted by Gasteiger charge is -2.26. The Kier molecular flexibility index (Phi) is 7.50. The van der Waals surface area contributed by atoms with Crippen molar-refractivity contribution in [1.82, 2.24) is 5.32 Å². The van der Waals surface area contributed by atoms with Gasteiger partial charge in [0.25, 0.3) is 0 Å². The molecule has 0 fully saturated rings. The molecule has 0 aromatic heterocycles. The van der Waals surface area contributed by atoms with Crippen molar-refractivity contribution in [3.05, 3.63) is 32.7 Å². The van der Waals surface area contributed by atoms with Crippen LogP contribution in [0, 0.1) is 0 Å². The number of hydrogen-bond donors (Lipinski definition) is 1. The zero-order valence-corrected chi connectivity index (χ0v) is 18.6. The van der Waals surface area contributed by atoms with Crippen molar-refractivity contribution in [2.24, 2.45) is 0 Å². The molecule has 0 bridgehead atoms. The molecule has 0 saturated carbocycles. The van der Waals surface area contributed by atoms with Crippen molar-refractivity contribution >= 4 is 43.9 Å². The first-order chi connectivity index (χ1) is 11.3. The summed E-state index contributed by atoms with van der Waals surface area (Å²) in [6.45, 7) is 10.6. The van der Waals surface area contributed by atoms with Crippen LogP contribution in [0.25, 0.3) is 0 Å². The molecule has 1 aromatic rings. The summed E-state index contributed by atoms with van der Waals surface area (Å²) in [5.41, 5.74) is -0.432. The van der Waals surface area contributed by atoms with Crippen LogP contribution in [0.1, 0.15) is 47.1 Å². The Labute approximate surface area is 166 Å². The fourth-order valence-corrected chi connectivity index (χ4v) is 3.13. The van der Waals surface area contributed by atoms with Gasteiger partial charge in [-0.25, -0.2) is 9.59 Å². The average Bonchev–Trinajstić information content (AvgIpc) is 2.36. The van der Waals surface area contributed by atoms with E-state index in [1.807, 2.05) is 18.2 Å². The highest BCUT2D eigenvalue weighted by molar-refractivity contribution is 9.11. The third-order valence-electron chi connectivity index (χ3n) is 2.82. The van der Waals surface area contributed by atoms with E-state index in [0.29, 0.717) is 0 Å². The summed E-state index contributed by atoms with van der Waals surface area (Å²) in [7, 11) is 0. The molecule has 0 spiro atoms. The first-order valence-electron chi connectivity index (χ1n) is 7.93. The van der Waals surface area contributed by atoms with Crippen LogP contribution in [-0.2, 0) is 20.7 Å². The molecule has 0 heterocycles. The summed E-state index contributed by atoms with van der Waals surface area (Å²) in [4.78, 5) is 24.6. The van der Waals surface area contributed by atoms with Gasteiger partial charge in [0, 0.05) is 15.4 Å². The zero-order chi connectivity index (χ0) is 19.4. The molecule has 0 saturated heterocycles. The van der Waals surface area contributed by atoms with Crippen LogP contribution in [-0.4, -0.2) is 29.3 Å². The van der Waals surface area contributed by atoms with Crippen molar-refractivity contribution in [2.75, 3.05) is 0 Å². The molecule has 1 aromatic carbocycles. The molecule has 1 N–H and O–H groups in total. The van der Waals surface area contributed by atoms with E-state index in [2.05, 4.69) is 37.2 Å². The number of ether oxygens (including phenoxy) is 2. The molecule has 1 amide bonds. The number of amides is 1. The maximum absolute atomic E-state index is 12.5. The molecule has 7 heteroatoms. The Morgan fingerprint density at radius 3 is 2.08 bits per heavy atom. The van der Waals surface area contributed by atoms with E-state index in [4.69, 9.17) is 9.47 Å². The Morgan fingerprint density at radius 2 is 1.60 bits per heavy atom. The van der Waals surface area contributed by atoms with Crippen LogP contribution in [0.4, 0.5) is 4.79 Å². The minimum atomic E-state index is -0.855. The van der Waals surface area contributed by atoms with E-state index in [1.54, 1.807) is 41.5 Å². The number of nitrogens with one attached hydrogen (secondary N) is 1. The number of hydrogen-bond acceptors (Lipinski definition) is 4. The standard InChI is InChI=1S/C18H25Br2NO4/c1-17(2,3)24-15(22)14(21-16(23)25-18(4,5)6)9-11-7-8-12(19)10-13(11)20/h7-8,10,14H,9H2,1-6H3,(H,21,23)/t14-/m1/s1. The summed E-state index contributed by atoms with van der Waals surface area (Å²) < 4.78 is 12.4. The number of halogens is 2. The van der Waals surface area contributed by atoms with Crippen molar-refractivity contribution in [3.8, 4) is 0 Å². The summed E-state index contributed by atoms with van der Waals surface area (Å²) in [5.74, 6) is -0.506. The van der Waals surface area contributed by atoms with Crippen LogP contribution >= 0.6 is 31.9 Å². The van der Waals surface area contributed by atoms with Gasteiger partial charge in [-0.05, 0) is 59.2 Å². The molecular weight excluding hydrogens is 454 g/mol. The zero-order valence-electron chi connectivity index (χ0n) is 15.4. The fraction of sp³-hybridized carbons (Fsp3) is 0.556. The minimum Gasteiger partial charge on any atom is -0.458 e. The molecule has 0 aliphatic heterocycles. The van der Waals surface area contributed by atoms with Crippen LogP contribution < -0.4 is 5.32 Å². The Hall–Kier alpha value is -1.08. The third kappa shape index (κ3) is 8.72. The number of benzene rings is 1. The summed E-state index contributed by atoms with van der Waals surface area (Å²) in [6, 6.07) is 4.78. The van der Waals surface area contributed by atoms with E-state index in [9.17, 15) is 9.59 Å². The Morgan fingerprint density at radius 1 is 1.04 bits per heavy atom. The van der Waals surface area contributed by atoms with E-state index < -0.39 is 29.3 Å². The van der Waals surface area contributed by atoms with E-state index in [-0.39, 0.29) is 6.42 Å². The van der Waals surface area contributed by atoms with Gasteiger partial charge >= 0.3 is 12.1 Å². The minimum absolute atomic E-state index is 0.280. The normalized spacial score (nSPS) is 13.1. The van der Waals surface area contributed by atoms with Gasteiger partial charge in [0.1, 0.15) is 17.2 Å². The molecule has 25 heavy (non-hydrogen) atoms. The fourth-order valence-electron chi connectivity index (χ4n) is 1.92. The second kappa shape index (κ2) is 8.54. The Balaban J connectivity index is 2.98. The lowest BCUT2D eigenvalue weighted by molar-refractivity contribution is -0.157. The van der Waals surface area contributed by atoms with Crippen LogP contribution in [0.3, 0.4) is 0 Å². The molecule has 0 aliphatic carbocycles. The number of rotatable bonds is 4. The second-order valence-corrected chi connectivity index (χ2v) is 9.44. The number of esters is 1. The third-order valence-corrected chi connectivity index (χ3v) is 4.05. The monoisotopic (exact) mass is 477 g/mol. The molecule has 1 rings (SSSR count). The number of carbonyl (C=O) groups excluding carboxylic acids is 2. The maximum Gasteiger partial charge on any atom is 0.408 e. The smallest absolute Gasteiger partial charge is 0.408 e. The molecule has 0 aliphatic rings. The molecule has 5 nitrogen and oxygen atoms in total. The number of carbonyl (C=O) groups is 2. The molecule has 1 atom stereocenters. The van der Waals surface area contributed by atoms with Crippen molar-refractivity contribution < 1.29 is 19.1 Å². The first-order valence-corrected chi connectivity index (χ1v) is 9.52. The lowest BCUT2D eigenvalue weighted by Crippen LogP contribution is -2.47. The topological polar surface area (TPSA) is 64.6 Å². The van der Waals surface area contributed by atoms with Crippen molar-refractivity contribution in [3.63, 3.8) is 0 Å². The summed E-state index contributed by atoms with van der Waals surface area (Å²) in [5, 5.41) is 2.62. The maximum atomic E-state index is 12.5. The highest BCUT2D eigenvalue weighted by Gasteiger charge is 2.29. The predicted octanol–water partition coefficient (Wildman–Crippen LogP) is 4.99. The van der Waals surface area contributed by atoms with Gasteiger partial charge in [-0.2, -0.15) is 0 Å². The van der Waals surface area contributed by atoms with Gasteiger partial charge < -0.3 is 14.8 Å². The largest absolute Gasteiger partial charge is 0.458 e. The lowest BCUT2D eigenvalue weighted by atomic mass is 10.1. The SMILES string of the molecule is CC(C)(C)OC(=O)N[C@H](Cc1ccc(Br)cc1Br)C(=O)OC(C)(C)C. The van der Waals surface area contributed by atoms with Gasteiger partial charge in [0.2, 0.25) is 0 Å². The van der Waals surface area contributed by atoms with E-state index in [0.717, 1.165) is 14.5 Å². The average molecular weight is 479 g/mol. The number of alkyl carbamates (subject to hydrolysis) is 1. The van der Waals surface area contributed by atoms with Gasteiger partial charge in [-0.15, -0.1) is 0 Å². The predicted molar refractivity (Wildman–Crippen MR) is 105 cm³/mol. The molecule has 0 unspecified atom stereocenters. The van der Waals surface area contributed by atoms with Crippen LogP contribution in [0.5, 0.6) is 0 Å². The van der Waals surface area contributed by atoms with Crippen molar-refractivity contribution in [1.29, 1.82) is 0 Å². The van der Waals surface area contributed by atoms with E-state index >= 15 is 0 Å². The highest BCUT2D eigenvalue weighted by Crippen LogP contribution is 2.24. The quantitative estimate of drug-likeness (QED) is 0.619. The van der Waals surface area contributed by atoms with Crippen LogP contribution in [0.15, 0.2) is 27.1 Å². The van der Waals surface area contributed by atoms with Gasteiger partial charge in [0.05, 0.1) is 0 Å². The van der Waals surface area contributed by atoms with Crippen molar-refractivity contribution in [2.45, 2.75) is 65.2 Å². The molecule has 140 valence electrons. The van der Waals surface area contributed by atoms with Crippen LogP contribution in [0.2, 0.25) is 0 Å². The molecule has 0 radical (unpaired) electrons. The summed E-state index contributed by atoms with van der Waals surface area (Å²) >= 11 is 6.87. The Bertz CT molecular complexity index is 633. The van der Waals surface area contributed by atoms with Gasteiger partial charge in [0.15, 0.2) is 0 Å². The second-order valence-electron chi connectivity index (χ2n) is 7.67. The first kappa shape index (κ1) is 22.0. The van der Waals surface area contributed by atoms with Gasteiger partial charge in [-0.3, -0.25) is 0 Å². The van der Waals surface area contributed by atoms with Gasteiger partial charge in [-0.1, -0.05) is 37.9 Å².